The quantitative estimate of drug-likeness (QED) is 0.335. The van der Waals surface area contributed by atoms with E-state index < -0.39 is 27.3 Å². The maximum atomic E-state index is 12.9. The average molecular weight is 468 g/mol. The number of aromatic nitrogens is 1. The molecule has 0 saturated carbocycles. The first-order valence-electron chi connectivity index (χ1n) is 9.31. The van der Waals surface area contributed by atoms with Gasteiger partial charge in [0.2, 0.25) is 0 Å². The second-order valence-electron chi connectivity index (χ2n) is 6.56. The van der Waals surface area contributed by atoms with Gasteiger partial charge in [0.1, 0.15) is 27.7 Å². The van der Waals surface area contributed by atoms with Gasteiger partial charge < -0.3 is 19.4 Å². The topological polar surface area (TPSA) is 164 Å². The molecule has 0 radical (unpaired) electrons. The summed E-state index contributed by atoms with van der Waals surface area (Å²) >= 11 is 0. The molecule has 0 aliphatic rings. The van der Waals surface area contributed by atoms with Crippen LogP contribution in [-0.4, -0.2) is 36.7 Å². The molecule has 0 aliphatic carbocycles. The molecule has 4 aromatic rings. The second-order valence-corrected chi connectivity index (χ2v) is 8.21. The van der Waals surface area contributed by atoms with E-state index in [0.29, 0.717) is 0 Å². The molecule has 3 N–H and O–H groups in total. The van der Waals surface area contributed by atoms with Crippen LogP contribution < -0.4 is 9.46 Å². The van der Waals surface area contributed by atoms with Gasteiger partial charge in [-0.3, -0.25) is 4.72 Å². The van der Waals surface area contributed by atoms with Crippen molar-refractivity contribution >= 4 is 44.2 Å². The first-order chi connectivity index (χ1) is 15.8. The highest BCUT2D eigenvalue weighted by Gasteiger charge is 2.27. The number of carbonyl (C=O) groups is 1. The number of pyridine rings is 1. The van der Waals surface area contributed by atoms with Crippen LogP contribution in [0, 0.1) is 0 Å². The highest BCUT2D eigenvalue weighted by Crippen LogP contribution is 2.46. The Morgan fingerprint density at radius 1 is 1.12 bits per heavy atom. The lowest BCUT2D eigenvalue weighted by Crippen LogP contribution is -2.13. The molecule has 0 aliphatic heterocycles. The van der Waals surface area contributed by atoms with Gasteiger partial charge in [0, 0.05) is 6.20 Å². The number of carboxylic acid groups (broad SMARTS) is 1. The molecule has 0 fully saturated rings. The zero-order chi connectivity index (χ0) is 23.6. The zero-order valence-electron chi connectivity index (χ0n) is 17.0. The van der Waals surface area contributed by atoms with Crippen LogP contribution in [0.1, 0.15) is 10.4 Å². The Bertz CT molecular complexity index is 1480. The molecule has 12 heteroatoms. The molecule has 0 saturated heterocycles. The van der Waals surface area contributed by atoms with Gasteiger partial charge in [-0.25, -0.2) is 18.2 Å². The molecule has 2 aromatic heterocycles. The van der Waals surface area contributed by atoms with Crippen LogP contribution in [0.3, 0.4) is 0 Å². The smallest absolute Gasteiger partial charge is 0.343 e. The number of sulfonamides is 1. The number of benzene rings is 2. The van der Waals surface area contributed by atoms with Crippen molar-refractivity contribution in [2.45, 2.75) is 4.90 Å². The van der Waals surface area contributed by atoms with Gasteiger partial charge >= 0.3 is 5.97 Å². The van der Waals surface area contributed by atoms with E-state index >= 15 is 0 Å². The SMILES string of the molecule is COc1c(C(=O)O)c(O)c(N=Nc2ccccc2S(=O)(=O)Nc2ccccn2)c2occc12. The van der Waals surface area contributed by atoms with Crippen LogP contribution in [0.2, 0.25) is 0 Å². The predicted octanol–water partition coefficient (Wildman–Crippen LogP) is 4.46. The van der Waals surface area contributed by atoms with Gasteiger partial charge in [-0.05, 0) is 30.3 Å². The lowest BCUT2D eigenvalue weighted by Gasteiger charge is -2.11. The standard InChI is InChI=1S/C21H16N4O7S/c1-31-19-12-9-11-32-20(12)17(18(26)16(19)21(27)28)24-23-13-6-2-3-7-14(13)33(29,30)25-15-8-4-5-10-22-15/h2-11,26H,1H3,(H,22,25)(H,27,28). The molecular formula is C21H16N4O7S. The summed E-state index contributed by atoms with van der Waals surface area (Å²) in [4.78, 5) is 15.4. The number of hydrogen-bond acceptors (Lipinski definition) is 9. The van der Waals surface area contributed by atoms with Crippen molar-refractivity contribution in [2.75, 3.05) is 11.8 Å². The first kappa shape index (κ1) is 21.8. The first-order valence-corrected chi connectivity index (χ1v) is 10.8. The van der Waals surface area contributed by atoms with Crippen LogP contribution in [0.25, 0.3) is 11.0 Å². The van der Waals surface area contributed by atoms with Gasteiger partial charge in [-0.2, -0.15) is 0 Å². The Morgan fingerprint density at radius 2 is 1.88 bits per heavy atom. The number of anilines is 1. The zero-order valence-corrected chi connectivity index (χ0v) is 17.8. The number of nitrogens with one attached hydrogen (secondary N) is 1. The molecular weight excluding hydrogens is 452 g/mol. The number of hydrogen-bond donors (Lipinski definition) is 3. The van der Waals surface area contributed by atoms with E-state index in [1.165, 1.54) is 49.9 Å². The second kappa shape index (κ2) is 8.59. The Morgan fingerprint density at radius 3 is 2.58 bits per heavy atom. The third-order valence-electron chi connectivity index (χ3n) is 4.55. The molecule has 0 unspecified atom stereocenters. The number of aromatic hydroxyl groups is 1. The number of phenols is 1. The van der Waals surface area contributed by atoms with Crippen molar-refractivity contribution in [3.05, 3.63) is 66.6 Å². The molecule has 2 aromatic carbocycles. The minimum absolute atomic E-state index is 0.0186. The fourth-order valence-corrected chi connectivity index (χ4v) is 4.28. The normalized spacial score (nSPS) is 11.7. The Balaban J connectivity index is 1.82. The number of nitrogens with zero attached hydrogens (tertiary/aromatic N) is 3. The van der Waals surface area contributed by atoms with E-state index in [2.05, 4.69) is 19.9 Å². The van der Waals surface area contributed by atoms with Crippen LogP contribution in [0.4, 0.5) is 17.2 Å². The van der Waals surface area contributed by atoms with Crippen molar-refractivity contribution in [3.8, 4) is 11.5 Å². The Kier molecular flexibility index (Phi) is 5.67. The average Bonchev–Trinajstić information content (AvgIpc) is 3.27. The molecule has 0 bridgehead atoms. The molecule has 33 heavy (non-hydrogen) atoms. The van der Waals surface area contributed by atoms with Crippen LogP contribution in [0.15, 0.2) is 80.5 Å². The van der Waals surface area contributed by atoms with E-state index in [0.717, 1.165) is 0 Å². The summed E-state index contributed by atoms with van der Waals surface area (Å²) < 4.78 is 38.6. The largest absolute Gasteiger partial charge is 0.505 e. The third-order valence-corrected chi connectivity index (χ3v) is 5.95. The highest BCUT2D eigenvalue weighted by atomic mass is 32.2. The van der Waals surface area contributed by atoms with Crippen LogP contribution >= 0.6 is 0 Å². The maximum Gasteiger partial charge on any atom is 0.343 e. The monoisotopic (exact) mass is 468 g/mol. The molecule has 0 atom stereocenters. The van der Waals surface area contributed by atoms with Gasteiger partial charge in [-0.1, -0.05) is 18.2 Å². The number of azo groups is 1. The van der Waals surface area contributed by atoms with Gasteiger partial charge in [0.15, 0.2) is 17.0 Å². The summed E-state index contributed by atoms with van der Waals surface area (Å²) in [5.74, 6) is -2.19. The van der Waals surface area contributed by atoms with Crippen molar-refractivity contribution in [1.29, 1.82) is 0 Å². The fourth-order valence-electron chi connectivity index (χ4n) is 3.13. The minimum Gasteiger partial charge on any atom is -0.505 e. The Hall–Kier alpha value is -4.45. The van der Waals surface area contributed by atoms with Crippen molar-refractivity contribution < 1.29 is 32.6 Å². The molecule has 2 heterocycles. The molecule has 168 valence electrons. The molecule has 0 amide bonds. The molecule has 0 spiro atoms. The summed E-state index contributed by atoms with van der Waals surface area (Å²) in [7, 11) is -2.83. The summed E-state index contributed by atoms with van der Waals surface area (Å²) in [6.07, 6.45) is 2.71. The highest BCUT2D eigenvalue weighted by molar-refractivity contribution is 7.92. The summed E-state index contributed by atoms with van der Waals surface area (Å²) in [5, 5.41) is 28.3. The van der Waals surface area contributed by atoms with Crippen LogP contribution in [-0.2, 0) is 10.0 Å². The van der Waals surface area contributed by atoms with E-state index in [1.807, 2.05) is 0 Å². The lowest BCUT2D eigenvalue weighted by molar-refractivity contribution is 0.0690. The molecule has 11 nitrogen and oxygen atoms in total. The van der Waals surface area contributed by atoms with Crippen molar-refractivity contribution in [2.24, 2.45) is 10.2 Å². The third kappa shape index (κ3) is 4.06. The van der Waals surface area contributed by atoms with Gasteiger partial charge in [0.05, 0.1) is 18.8 Å². The number of rotatable bonds is 7. The number of fused-ring (bicyclic) bond motifs is 1. The minimum atomic E-state index is -4.09. The number of aromatic carboxylic acids is 1. The van der Waals surface area contributed by atoms with Crippen molar-refractivity contribution in [1.82, 2.24) is 4.98 Å². The van der Waals surface area contributed by atoms with Crippen LogP contribution in [0.5, 0.6) is 11.5 Å². The van der Waals surface area contributed by atoms with E-state index in [4.69, 9.17) is 9.15 Å². The van der Waals surface area contributed by atoms with Crippen molar-refractivity contribution in [3.63, 3.8) is 0 Å². The van der Waals surface area contributed by atoms with Gasteiger partial charge in [-0.15, -0.1) is 10.2 Å². The van der Waals surface area contributed by atoms with E-state index in [9.17, 15) is 23.4 Å². The van der Waals surface area contributed by atoms with Gasteiger partial charge in [0.25, 0.3) is 10.0 Å². The number of carboxylic acids is 1. The number of furan rings is 1. The van der Waals surface area contributed by atoms with E-state index in [1.54, 1.807) is 18.2 Å². The lowest BCUT2D eigenvalue weighted by atomic mass is 10.1. The predicted molar refractivity (Wildman–Crippen MR) is 117 cm³/mol. The number of methoxy groups -OCH3 is 1. The summed E-state index contributed by atoms with van der Waals surface area (Å²) in [6, 6.07) is 12.0. The number of ether oxygens (including phenoxy) is 1. The summed E-state index contributed by atoms with van der Waals surface area (Å²) in [5.41, 5.74) is -0.867. The van der Waals surface area contributed by atoms with E-state index in [-0.39, 0.29) is 38.8 Å². The maximum absolute atomic E-state index is 12.9. The Labute approximate surface area is 187 Å². The fraction of sp³-hybridized carbons (Fsp3) is 0.0476. The molecule has 4 rings (SSSR count). The summed E-state index contributed by atoms with van der Waals surface area (Å²) in [6.45, 7) is 0.